The van der Waals surface area contributed by atoms with Crippen LogP contribution in [0.3, 0.4) is 0 Å². The molecule has 0 spiro atoms. The highest BCUT2D eigenvalue weighted by Gasteiger charge is 2.17. The molecule has 1 heterocycles. The van der Waals surface area contributed by atoms with Crippen LogP contribution >= 0.6 is 0 Å². The molecule has 0 fully saturated rings. The highest BCUT2D eigenvalue weighted by Crippen LogP contribution is 2.22. The number of rotatable bonds is 2. The summed E-state index contributed by atoms with van der Waals surface area (Å²) in [5, 5.41) is 0. The molecule has 1 aromatic carbocycles. The average Bonchev–Trinajstić information content (AvgIpc) is 2.26. The van der Waals surface area contributed by atoms with Crippen LogP contribution in [0.2, 0.25) is 0 Å². The van der Waals surface area contributed by atoms with Gasteiger partial charge in [-0.1, -0.05) is 32.9 Å². The second-order valence-electron chi connectivity index (χ2n) is 5.65. The van der Waals surface area contributed by atoms with Gasteiger partial charge in [0, 0.05) is 17.9 Å². The van der Waals surface area contributed by atoms with Crippen LogP contribution in [0.15, 0.2) is 30.3 Å². The molecule has 1 aromatic heterocycles. The molecule has 0 amide bonds. The van der Waals surface area contributed by atoms with Crippen molar-refractivity contribution in [2.45, 2.75) is 32.6 Å². The van der Waals surface area contributed by atoms with Crippen molar-refractivity contribution in [3.05, 3.63) is 53.2 Å². The zero-order chi connectivity index (χ0) is 14.0. The van der Waals surface area contributed by atoms with Crippen molar-refractivity contribution in [1.82, 2.24) is 9.97 Å². The van der Waals surface area contributed by atoms with E-state index in [-0.39, 0.29) is 11.2 Å². The quantitative estimate of drug-likeness (QED) is 0.901. The Morgan fingerprint density at radius 3 is 2.53 bits per heavy atom. The van der Waals surface area contributed by atoms with E-state index in [1.807, 2.05) is 6.07 Å². The Labute approximate surface area is 112 Å². The van der Waals surface area contributed by atoms with Gasteiger partial charge in [-0.15, -0.1) is 0 Å². The Morgan fingerprint density at radius 1 is 1.16 bits per heavy atom. The molecule has 0 saturated carbocycles. The van der Waals surface area contributed by atoms with Crippen LogP contribution in [0.5, 0.6) is 0 Å². The lowest BCUT2D eigenvalue weighted by atomic mass is 9.92. The summed E-state index contributed by atoms with van der Waals surface area (Å²) in [6.07, 6.45) is 0.478. The molecule has 19 heavy (non-hydrogen) atoms. The second-order valence-corrected chi connectivity index (χ2v) is 5.65. The van der Waals surface area contributed by atoms with Crippen molar-refractivity contribution in [3.8, 4) is 0 Å². The van der Waals surface area contributed by atoms with E-state index in [0.29, 0.717) is 18.1 Å². The maximum atomic E-state index is 13.2. The van der Waals surface area contributed by atoms with Gasteiger partial charge in [-0.05, 0) is 17.7 Å². The fourth-order valence-electron chi connectivity index (χ4n) is 1.81. The number of nitrogen functional groups attached to an aromatic ring is 1. The van der Waals surface area contributed by atoms with Gasteiger partial charge in [0.15, 0.2) is 0 Å². The number of anilines is 1. The predicted molar refractivity (Wildman–Crippen MR) is 74.4 cm³/mol. The first-order chi connectivity index (χ1) is 8.84. The maximum absolute atomic E-state index is 13.2. The van der Waals surface area contributed by atoms with Crippen molar-refractivity contribution in [2.24, 2.45) is 0 Å². The number of hydrogen-bond donors (Lipinski definition) is 1. The summed E-state index contributed by atoms with van der Waals surface area (Å²) in [5.41, 5.74) is 7.46. The third-order valence-electron chi connectivity index (χ3n) is 2.81. The molecule has 0 bridgehead atoms. The van der Waals surface area contributed by atoms with Gasteiger partial charge in [0.05, 0.1) is 5.69 Å². The first kappa shape index (κ1) is 13.5. The third kappa shape index (κ3) is 3.50. The Morgan fingerprint density at radius 2 is 1.89 bits per heavy atom. The molecule has 0 saturated heterocycles. The Bertz CT molecular complexity index is 588. The molecule has 0 aliphatic heterocycles. The first-order valence-corrected chi connectivity index (χ1v) is 6.23. The standard InChI is InChI=1S/C15H18FN3/c1-15(2,3)12-9-13(17)19-14(18-12)8-10-5-4-6-11(16)7-10/h4-7,9H,8H2,1-3H3,(H2,17,18,19). The predicted octanol–water partition coefficient (Wildman–Crippen LogP) is 3.09. The summed E-state index contributed by atoms with van der Waals surface area (Å²) in [6.45, 7) is 6.21. The van der Waals surface area contributed by atoms with Gasteiger partial charge in [0.1, 0.15) is 17.5 Å². The summed E-state index contributed by atoms with van der Waals surface area (Å²) in [6, 6.07) is 8.23. The summed E-state index contributed by atoms with van der Waals surface area (Å²) < 4.78 is 13.2. The largest absolute Gasteiger partial charge is 0.384 e. The monoisotopic (exact) mass is 259 g/mol. The molecule has 0 unspecified atom stereocenters. The molecule has 4 heteroatoms. The van der Waals surface area contributed by atoms with Gasteiger partial charge in [-0.25, -0.2) is 14.4 Å². The minimum absolute atomic E-state index is 0.0895. The second kappa shape index (κ2) is 4.96. The normalized spacial score (nSPS) is 11.6. The van der Waals surface area contributed by atoms with Gasteiger partial charge < -0.3 is 5.73 Å². The van der Waals surface area contributed by atoms with E-state index in [0.717, 1.165) is 11.3 Å². The maximum Gasteiger partial charge on any atom is 0.135 e. The zero-order valence-corrected chi connectivity index (χ0v) is 11.4. The summed E-state index contributed by atoms with van der Waals surface area (Å²) >= 11 is 0. The summed E-state index contributed by atoms with van der Waals surface area (Å²) in [5.74, 6) is 0.819. The van der Waals surface area contributed by atoms with Crippen LogP contribution in [-0.2, 0) is 11.8 Å². The van der Waals surface area contributed by atoms with Crippen LogP contribution in [0.1, 0.15) is 37.9 Å². The number of nitrogens with two attached hydrogens (primary N) is 1. The van der Waals surface area contributed by atoms with E-state index >= 15 is 0 Å². The SMILES string of the molecule is CC(C)(C)c1cc(N)nc(Cc2cccc(F)c2)n1. The zero-order valence-electron chi connectivity index (χ0n) is 11.4. The number of nitrogens with zero attached hydrogens (tertiary/aromatic N) is 2. The van der Waals surface area contributed by atoms with E-state index in [4.69, 9.17) is 5.73 Å². The highest BCUT2D eigenvalue weighted by molar-refractivity contribution is 5.33. The van der Waals surface area contributed by atoms with Crippen LogP contribution in [0.4, 0.5) is 10.2 Å². The lowest BCUT2D eigenvalue weighted by molar-refractivity contribution is 0.563. The van der Waals surface area contributed by atoms with E-state index in [9.17, 15) is 4.39 Å². The lowest BCUT2D eigenvalue weighted by Gasteiger charge is -2.18. The lowest BCUT2D eigenvalue weighted by Crippen LogP contribution is -2.16. The van der Waals surface area contributed by atoms with Gasteiger partial charge in [0.25, 0.3) is 0 Å². The molecule has 0 aliphatic carbocycles. The van der Waals surface area contributed by atoms with Crippen molar-refractivity contribution in [2.75, 3.05) is 5.73 Å². The first-order valence-electron chi connectivity index (χ1n) is 6.23. The molecule has 0 aliphatic rings. The molecule has 2 N–H and O–H groups in total. The number of benzene rings is 1. The average molecular weight is 259 g/mol. The molecule has 0 radical (unpaired) electrons. The Balaban J connectivity index is 2.33. The highest BCUT2D eigenvalue weighted by atomic mass is 19.1. The van der Waals surface area contributed by atoms with Crippen molar-refractivity contribution in [1.29, 1.82) is 0 Å². The van der Waals surface area contributed by atoms with Crippen molar-refractivity contribution < 1.29 is 4.39 Å². The molecule has 3 nitrogen and oxygen atoms in total. The molecule has 2 rings (SSSR count). The van der Waals surface area contributed by atoms with Crippen LogP contribution in [0, 0.1) is 5.82 Å². The minimum Gasteiger partial charge on any atom is -0.384 e. The van der Waals surface area contributed by atoms with E-state index in [2.05, 4.69) is 30.7 Å². The minimum atomic E-state index is -0.252. The van der Waals surface area contributed by atoms with Crippen LogP contribution < -0.4 is 5.73 Å². The fourth-order valence-corrected chi connectivity index (χ4v) is 1.81. The van der Waals surface area contributed by atoms with E-state index < -0.39 is 0 Å². The summed E-state index contributed by atoms with van der Waals surface area (Å²) in [7, 11) is 0. The molecular weight excluding hydrogens is 241 g/mol. The molecule has 2 aromatic rings. The summed E-state index contributed by atoms with van der Waals surface area (Å²) in [4.78, 5) is 8.73. The van der Waals surface area contributed by atoms with Gasteiger partial charge >= 0.3 is 0 Å². The van der Waals surface area contributed by atoms with Gasteiger partial charge in [-0.3, -0.25) is 0 Å². The van der Waals surface area contributed by atoms with Crippen molar-refractivity contribution >= 4 is 5.82 Å². The van der Waals surface area contributed by atoms with Gasteiger partial charge in [0.2, 0.25) is 0 Å². The van der Waals surface area contributed by atoms with E-state index in [1.165, 1.54) is 12.1 Å². The van der Waals surface area contributed by atoms with Gasteiger partial charge in [-0.2, -0.15) is 0 Å². The fraction of sp³-hybridized carbons (Fsp3) is 0.333. The smallest absolute Gasteiger partial charge is 0.135 e. The number of aromatic nitrogens is 2. The molecule has 100 valence electrons. The molecular formula is C15H18FN3. The number of hydrogen-bond acceptors (Lipinski definition) is 3. The Kier molecular flexibility index (Phi) is 3.51. The molecule has 0 atom stereocenters. The topological polar surface area (TPSA) is 51.8 Å². The Hall–Kier alpha value is -1.97. The van der Waals surface area contributed by atoms with E-state index in [1.54, 1.807) is 12.1 Å². The van der Waals surface area contributed by atoms with Crippen LogP contribution in [0.25, 0.3) is 0 Å². The van der Waals surface area contributed by atoms with Crippen molar-refractivity contribution in [3.63, 3.8) is 0 Å². The number of halogens is 1. The third-order valence-corrected chi connectivity index (χ3v) is 2.81. The van der Waals surface area contributed by atoms with Crippen LogP contribution in [-0.4, -0.2) is 9.97 Å².